The Morgan fingerprint density at radius 3 is 2.50 bits per heavy atom. The van der Waals surface area contributed by atoms with Crippen molar-refractivity contribution in [3.63, 3.8) is 0 Å². The van der Waals surface area contributed by atoms with Gasteiger partial charge in [0.1, 0.15) is 0 Å². The molecule has 3 rings (SSSR count). The maximum absolute atomic E-state index is 9.65. The van der Waals surface area contributed by atoms with E-state index in [2.05, 4.69) is 24.3 Å². The molecular weight excluding hydrogens is 172 g/mol. The van der Waals surface area contributed by atoms with Gasteiger partial charge in [-0.3, -0.25) is 0 Å². The molecule has 1 nitrogen and oxygen atoms in total. The van der Waals surface area contributed by atoms with Gasteiger partial charge in [-0.05, 0) is 34.0 Å². The van der Waals surface area contributed by atoms with Gasteiger partial charge < -0.3 is 5.11 Å². The molecule has 1 unspecified atom stereocenters. The van der Waals surface area contributed by atoms with Crippen LogP contribution in [0.1, 0.15) is 17.2 Å². The predicted molar refractivity (Wildman–Crippen MR) is 57.9 cm³/mol. The van der Waals surface area contributed by atoms with Crippen LogP contribution in [0, 0.1) is 0 Å². The first kappa shape index (κ1) is 7.77. The SMILES string of the molecule is OC1C=Cc2cc3ccccc3cc21. The van der Waals surface area contributed by atoms with Crippen molar-refractivity contribution in [1.29, 1.82) is 0 Å². The lowest BCUT2D eigenvalue weighted by atomic mass is 10.0. The summed E-state index contributed by atoms with van der Waals surface area (Å²) in [6, 6.07) is 12.4. The largest absolute Gasteiger partial charge is 0.384 e. The second-order valence-electron chi connectivity index (χ2n) is 3.63. The summed E-state index contributed by atoms with van der Waals surface area (Å²) in [5.41, 5.74) is 2.15. The Labute approximate surface area is 82.3 Å². The quantitative estimate of drug-likeness (QED) is 0.664. The highest BCUT2D eigenvalue weighted by molar-refractivity contribution is 5.87. The van der Waals surface area contributed by atoms with Crippen LogP contribution in [-0.2, 0) is 0 Å². The average molecular weight is 182 g/mol. The van der Waals surface area contributed by atoms with Crippen LogP contribution in [0.25, 0.3) is 16.8 Å². The first-order valence-electron chi connectivity index (χ1n) is 4.73. The summed E-state index contributed by atoms with van der Waals surface area (Å²) in [4.78, 5) is 0. The van der Waals surface area contributed by atoms with Crippen LogP contribution in [-0.4, -0.2) is 5.11 Å². The van der Waals surface area contributed by atoms with Crippen molar-refractivity contribution in [2.24, 2.45) is 0 Å². The predicted octanol–water partition coefficient (Wildman–Crippen LogP) is 2.90. The summed E-state index contributed by atoms with van der Waals surface area (Å²) in [6.45, 7) is 0. The first-order chi connectivity index (χ1) is 6.84. The van der Waals surface area contributed by atoms with E-state index in [1.54, 1.807) is 0 Å². The third kappa shape index (κ3) is 0.994. The highest BCUT2D eigenvalue weighted by Crippen LogP contribution is 2.31. The Morgan fingerprint density at radius 2 is 1.71 bits per heavy atom. The van der Waals surface area contributed by atoms with E-state index in [0.29, 0.717) is 0 Å². The van der Waals surface area contributed by atoms with Crippen LogP contribution in [0.2, 0.25) is 0 Å². The fourth-order valence-electron chi connectivity index (χ4n) is 1.97. The molecule has 1 atom stereocenters. The van der Waals surface area contributed by atoms with Crippen molar-refractivity contribution in [2.45, 2.75) is 6.10 Å². The lowest BCUT2D eigenvalue weighted by Gasteiger charge is -2.05. The Morgan fingerprint density at radius 1 is 1.00 bits per heavy atom. The number of aliphatic hydroxyl groups is 1. The van der Waals surface area contributed by atoms with Crippen LogP contribution in [0.15, 0.2) is 42.5 Å². The highest BCUT2D eigenvalue weighted by atomic mass is 16.3. The maximum Gasteiger partial charge on any atom is 0.0981 e. The second-order valence-corrected chi connectivity index (χ2v) is 3.63. The van der Waals surface area contributed by atoms with Crippen LogP contribution >= 0.6 is 0 Å². The topological polar surface area (TPSA) is 20.2 Å². The van der Waals surface area contributed by atoms with Gasteiger partial charge in [-0.25, -0.2) is 0 Å². The minimum atomic E-state index is -0.422. The molecule has 0 radical (unpaired) electrons. The zero-order valence-corrected chi connectivity index (χ0v) is 7.64. The van der Waals surface area contributed by atoms with Gasteiger partial charge in [-0.2, -0.15) is 0 Å². The molecule has 2 aromatic carbocycles. The van der Waals surface area contributed by atoms with Gasteiger partial charge in [-0.1, -0.05) is 36.4 Å². The smallest absolute Gasteiger partial charge is 0.0981 e. The number of hydrogen-bond acceptors (Lipinski definition) is 1. The molecule has 0 heterocycles. The summed E-state index contributed by atoms with van der Waals surface area (Å²) in [6.07, 6.45) is 3.38. The van der Waals surface area contributed by atoms with Crippen LogP contribution in [0.3, 0.4) is 0 Å². The van der Waals surface area contributed by atoms with Gasteiger partial charge in [0.25, 0.3) is 0 Å². The number of benzene rings is 2. The van der Waals surface area contributed by atoms with E-state index in [9.17, 15) is 5.11 Å². The van der Waals surface area contributed by atoms with E-state index in [4.69, 9.17) is 0 Å². The highest BCUT2D eigenvalue weighted by Gasteiger charge is 2.14. The Bertz CT molecular complexity index is 526. The molecule has 14 heavy (non-hydrogen) atoms. The zero-order chi connectivity index (χ0) is 9.54. The molecule has 0 aliphatic heterocycles. The van der Waals surface area contributed by atoms with Crippen molar-refractivity contribution in [3.8, 4) is 0 Å². The third-order valence-corrected chi connectivity index (χ3v) is 2.73. The lowest BCUT2D eigenvalue weighted by molar-refractivity contribution is 0.232. The summed E-state index contributed by atoms with van der Waals surface area (Å²) in [5.74, 6) is 0. The first-order valence-corrected chi connectivity index (χ1v) is 4.73. The molecule has 0 aromatic heterocycles. The number of fused-ring (bicyclic) bond motifs is 2. The molecule has 0 amide bonds. The fraction of sp³-hybridized carbons (Fsp3) is 0.0769. The molecule has 0 bridgehead atoms. The minimum absolute atomic E-state index is 0.422. The molecule has 0 saturated heterocycles. The molecule has 0 spiro atoms. The summed E-state index contributed by atoms with van der Waals surface area (Å²) in [5, 5.41) is 12.1. The lowest BCUT2D eigenvalue weighted by Crippen LogP contribution is -1.90. The normalized spacial score (nSPS) is 18.8. The third-order valence-electron chi connectivity index (χ3n) is 2.73. The van der Waals surface area contributed by atoms with Crippen molar-refractivity contribution in [2.75, 3.05) is 0 Å². The molecule has 0 fully saturated rings. The van der Waals surface area contributed by atoms with E-state index in [1.807, 2.05) is 24.3 Å². The Hall–Kier alpha value is -1.60. The maximum atomic E-state index is 9.65. The molecule has 2 aromatic rings. The van der Waals surface area contributed by atoms with Gasteiger partial charge in [0.05, 0.1) is 6.10 Å². The molecule has 0 saturated carbocycles. The minimum Gasteiger partial charge on any atom is -0.384 e. The van der Waals surface area contributed by atoms with Gasteiger partial charge in [0.15, 0.2) is 0 Å². The second kappa shape index (κ2) is 2.69. The van der Waals surface area contributed by atoms with Crippen LogP contribution in [0.5, 0.6) is 0 Å². The van der Waals surface area contributed by atoms with Crippen molar-refractivity contribution >= 4 is 16.8 Å². The zero-order valence-electron chi connectivity index (χ0n) is 7.64. The Balaban J connectivity index is 2.36. The molecule has 1 heteroatoms. The van der Waals surface area contributed by atoms with E-state index >= 15 is 0 Å². The molecule has 1 N–H and O–H groups in total. The van der Waals surface area contributed by atoms with Gasteiger partial charge >= 0.3 is 0 Å². The van der Waals surface area contributed by atoms with Crippen LogP contribution < -0.4 is 0 Å². The molecule has 68 valence electrons. The summed E-state index contributed by atoms with van der Waals surface area (Å²) >= 11 is 0. The van der Waals surface area contributed by atoms with E-state index in [1.165, 1.54) is 10.8 Å². The summed E-state index contributed by atoms with van der Waals surface area (Å²) in [7, 11) is 0. The standard InChI is InChI=1S/C13H10O/c14-13-6-5-11-7-9-3-1-2-4-10(9)8-12(11)13/h1-8,13-14H. The average Bonchev–Trinajstić information content (AvgIpc) is 2.57. The van der Waals surface area contributed by atoms with Gasteiger partial charge in [0.2, 0.25) is 0 Å². The molecule has 1 aliphatic rings. The van der Waals surface area contributed by atoms with E-state index in [-0.39, 0.29) is 0 Å². The van der Waals surface area contributed by atoms with Crippen LogP contribution in [0.4, 0.5) is 0 Å². The van der Waals surface area contributed by atoms with Gasteiger partial charge in [0, 0.05) is 0 Å². The summed E-state index contributed by atoms with van der Waals surface area (Å²) < 4.78 is 0. The molecular formula is C13H10O. The fourth-order valence-corrected chi connectivity index (χ4v) is 1.97. The molecule has 1 aliphatic carbocycles. The monoisotopic (exact) mass is 182 g/mol. The van der Waals surface area contributed by atoms with Crippen molar-refractivity contribution in [1.82, 2.24) is 0 Å². The number of rotatable bonds is 0. The van der Waals surface area contributed by atoms with E-state index < -0.39 is 6.10 Å². The van der Waals surface area contributed by atoms with E-state index in [0.717, 1.165) is 11.1 Å². The van der Waals surface area contributed by atoms with Gasteiger partial charge in [-0.15, -0.1) is 0 Å². The van der Waals surface area contributed by atoms with Crippen molar-refractivity contribution in [3.05, 3.63) is 53.6 Å². The number of aliphatic hydroxyl groups excluding tert-OH is 1. The van der Waals surface area contributed by atoms with Crippen molar-refractivity contribution < 1.29 is 5.11 Å². The Kier molecular flexibility index (Phi) is 1.49. The number of hydrogen-bond donors (Lipinski definition) is 1.